The second-order valence-corrected chi connectivity index (χ2v) is 6.56. The second kappa shape index (κ2) is 8.03. The lowest BCUT2D eigenvalue weighted by molar-refractivity contribution is -0.105. The Morgan fingerprint density at radius 1 is 1.11 bits per heavy atom. The van der Waals surface area contributed by atoms with E-state index in [9.17, 15) is 9.59 Å². The maximum atomic E-state index is 11.7. The third-order valence-corrected chi connectivity index (χ3v) is 4.19. The molecular weight excluding hydrogens is 342 g/mol. The number of hydrogen-bond donors (Lipinski definition) is 5. The Morgan fingerprint density at radius 2 is 1.78 bits per heavy atom. The number of H-pyrrole nitrogens is 1. The molecule has 0 spiro atoms. The fourth-order valence-corrected chi connectivity index (χ4v) is 2.90. The van der Waals surface area contributed by atoms with E-state index in [0.29, 0.717) is 23.1 Å². The number of primary amides is 1. The van der Waals surface area contributed by atoms with Crippen molar-refractivity contribution < 1.29 is 9.59 Å². The number of benzene rings is 2. The number of carbonyl (C=O) groups excluding carboxylic acids is 2. The van der Waals surface area contributed by atoms with Gasteiger partial charge in [-0.15, -0.1) is 0 Å². The maximum Gasteiger partial charge on any atom is 0.253 e. The van der Waals surface area contributed by atoms with Gasteiger partial charge >= 0.3 is 0 Å². The average Bonchev–Trinajstić information content (AvgIpc) is 3.00. The third kappa shape index (κ3) is 4.16. The molecule has 0 saturated carbocycles. The number of anilines is 1. The molecule has 2 aromatic carbocycles. The van der Waals surface area contributed by atoms with Gasteiger partial charge in [-0.3, -0.25) is 9.59 Å². The van der Waals surface area contributed by atoms with Crippen molar-refractivity contribution in [3.8, 4) is 11.1 Å². The summed E-state index contributed by atoms with van der Waals surface area (Å²) >= 11 is 0. The number of nitrogens with one attached hydrogen (secondary N) is 2. The summed E-state index contributed by atoms with van der Waals surface area (Å²) in [7, 11) is 1.50. The highest BCUT2D eigenvalue weighted by atomic mass is 16.1. The molecule has 0 aliphatic heterocycles. The van der Waals surface area contributed by atoms with Crippen LogP contribution in [-0.4, -0.2) is 24.3 Å². The van der Waals surface area contributed by atoms with Crippen molar-refractivity contribution >= 4 is 29.0 Å². The van der Waals surface area contributed by atoms with Crippen LogP contribution in [0.3, 0.4) is 0 Å². The molecule has 1 aromatic heterocycles. The van der Waals surface area contributed by atoms with Crippen molar-refractivity contribution in [1.29, 1.82) is 0 Å². The topological polar surface area (TPSA) is 140 Å². The van der Waals surface area contributed by atoms with Gasteiger partial charge in [-0.25, -0.2) is 0 Å². The molecule has 0 fully saturated rings. The Kier molecular flexibility index (Phi) is 5.99. The molecule has 0 bridgehead atoms. The molecule has 8 N–H and O–H groups in total. The summed E-state index contributed by atoms with van der Waals surface area (Å²) in [5, 5.41) is 3.14. The SMILES string of the molecule is CC(C)(N)c1cccc(-c2ccc3c(C(N)=O)c(NC=O)[nH]c3c2)c1.CN. The molecule has 2 amide bonds. The minimum absolute atomic E-state index is 0.269. The van der Waals surface area contributed by atoms with Gasteiger partial charge in [0, 0.05) is 16.4 Å². The first-order valence-electron chi connectivity index (χ1n) is 8.44. The number of fused-ring (bicyclic) bond motifs is 1. The summed E-state index contributed by atoms with van der Waals surface area (Å²) in [5.74, 6) is -0.304. The Balaban J connectivity index is 0.00000126. The normalized spacial score (nSPS) is 10.9. The van der Waals surface area contributed by atoms with E-state index in [1.807, 2.05) is 56.3 Å². The van der Waals surface area contributed by atoms with Gasteiger partial charge in [-0.05, 0) is 49.7 Å². The summed E-state index contributed by atoms with van der Waals surface area (Å²) in [6.07, 6.45) is 0.505. The van der Waals surface area contributed by atoms with Crippen LogP contribution >= 0.6 is 0 Å². The molecule has 1 heterocycles. The lowest BCUT2D eigenvalue weighted by Gasteiger charge is -2.20. The van der Waals surface area contributed by atoms with Gasteiger partial charge in [0.2, 0.25) is 6.41 Å². The van der Waals surface area contributed by atoms with Gasteiger partial charge in [0.15, 0.2) is 0 Å². The van der Waals surface area contributed by atoms with Gasteiger partial charge in [0.1, 0.15) is 5.82 Å². The average molecular weight is 367 g/mol. The van der Waals surface area contributed by atoms with Crippen LogP contribution in [0, 0.1) is 0 Å². The van der Waals surface area contributed by atoms with Crippen LogP contribution in [-0.2, 0) is 10.3 Å². The van der Waals surface area contributed by atoms with E-state index in [-0.39, 0.29) is 5.56 Å². The summed E-state index contributed by atoms with van der Waals surface area (Å²) < 4.78 is 0. The highest BCUT2D eigenvalue weighted by molar-refractivity contribution is 6.12. The summed E-state index contributed by atoms with van der Waals surface area (Å²) in [6.45, 7) is 3.91. The van der Waals surface area contributed by atoms with Crippen LogP contribution < -0.4 is 22.5 Å². The molecule has 0 atom stereocenters. The quantitative estimate of drug-likeness (QED) is 0.441. The van der Waals surface area contributed by atoms with Crippen LogP contribution in [0.25, 0.3) is 22.0 Å². The van der Waals surface area contributed by atoms with E-state index in [2.05, 4.69) is 16.0 Å². The van der Waals surface area contributed by atoms with E-state index >= 15 is 0 Å². The number of amides is 2. The molecule has 0 aliphatic carbocycles. The van der Waals surface area contributed by atoms with Crippen molar-refractivity contribution in [2.45, 2.75) is 19.4 Å². The number of nitrogens with two attached hydrogens (primary N) is 3. The summed E-state index contributed by atoms with van der Waals surface area (Å²) in [6, 6.07) is 13.6. The molecule has 7 nitrogen and oxygen atoms in total. The predicted molar refractivity (Wildman–Crippen MR) is 109 cm³/mol. The molecule has 0 radical (unpaired) electrons. The third-order valence-electron chi connectivity index (χ3n) is 4.19. The zero-order chi connectivity index (χ0) is 20.2. The van der Waals surface area contributed by atoms with Crippen LogP contribution in [0.4, 0.5) is 5.82 Å². The first-order valence-corrected chi connectivity index (χ1v) is 8.44. The number of rotatable bonds is 5. The zero-order valence-electron chi connectivity index (χ0n) is 15.7. The van der Waals surface area contributed by atoms with Crippen molar-refractivity contribution in [1.82, 2.24) is 4.98 Å². The minimum Gasteiger partial charge on any atom is -0.365 e. The van der Waals surface area contributed by atoms with Crippen LogP contribution in [0.1, 0.15) is 29.8 Å². The monoisotopic (exact) mass is 367 g/mol. The number of hydrogen-bond acceptors (Lipinski definition) is 4. The minimum atomic E-state index is -0.602. The lowest BCUT2D eigenvalue weighted by atomic mass is 9.92. The first kappa shape index (κ1) is 20.2. The van der Waals surface area contributed by atoms with Crippen LogP contribution in [0.5, 0.6) is 0 Å². The largest absolute Gasteiger partial charge is 0.365 e. The molecule has 27 heavy (non-hydrogen) atoms. The van der Waals surface area contributed by atoms with Crippen molar-refractivity contribution in [3.63, 3.8) is 0 Å². The number of carbonyl (C=O) groups is 2. The Labute approximate surface area is 157 Å². The van der Waals surface area contributed by atoms with E-state index in [1.165, 1.54) is 7.05 Å². The molecule has 0 saturated heterocycles. The first-order chi connectivity index (χ1) is 12.8. The van der Waals surface area contributed by atoms with E-state index in [4.69, 9.17) is 11.5 Å². The maximum absolute atomic E-state index is 11.7. The zero-order valence-corrected chi connectivity index (χ0v) is 15.7. The standard InChI is InChI=1S/C19H20N4O2.CH5N/c1-19(2,21)13-5-3-4-11(8-13)12-6-7-14-15(9-12)23-18(22-10-24)16(14)17(20)25;1-2/h3-10,23H,21H2,1-2H3,(H2,20,25)(H,22,24);2H2,1H3. The van der Waals surface area contributed by atoms with Crippen molar-refractivity contribution in [2.75, 3.05) is 12.4 Å². The van der Waals surface area contributed by atoms with E-state index < -0.39 is 11.4 Å². The molecule has 7 heteroatoms. The van der Waals surface area contributed by atoms with E-state index in [0.717, 1.165) is 16.7 Å². The predicted octanol–water partition coefficient (Wildman–Crippen LogP) is 2.27. The van der Waals surface area contributed by atoms with Gasteiger partial charge in [0.25, 0.3) is 5.91 Å². The Morgan fingerprint density at radius 3 is 2.37 bits per heavy atom. The summed E-state index contributed by atoms with van der Waals surface area (Å²) in [5.41, 5.74) is 19.7. The highest BCUT2D eigenvalue weighted by Crippen LogP contribution is 2.31. The smallest absolute Gasteiger partial charge is 0.253 e. The number of aromatic nitrogens is 1. The Bertz CT molecular complexity index is 970. The molecule has 142 valence electrons. The van der Waals surface area contributed by atoms with Crippen molar-refractivity contribution in [2.24, 2.45) is 17.2 Å². The van der Waals surface area contributed by atoms with Gasteiger partial charge in [0.05, 0.1) is 5.56 Å². The van der Waals surface area contributed by atoms with Gasteiger partial charge in [-0.2, -0.15) is 0 Å². The molecule has 0 aliphatic rings. The molecule has 3 aromatic rings. The van der Waals surface area contributed by atoms with Gasteiger partial charge in [-0.1, -0.05) is 30.3 Å². The van der Waals surface area contributed by atoms with Crippen LogP contribution in [0.2, 0.25) is 0 Å². The fraction of sp³-hybridized carbons (Fsp3) is 0.200. The highest BCUT2D eigenvalue weighted by Gasteiger charge is 2.17. The molecular formula is C20H25N5O2. The molecule has 3 rings (SSSR count). The second-order valence-electron chi connectivity index (χ2n) is 6.56. The lowest BCUT2D eigenvalue weighted by Crippen LogP contribution is -2.28. The number of aromatic amines is 1. The molecule has 0 unspecified atom stereocenters. The van der Waals surface area contributed by atoms with Crippen LogP contribution in [0.15, 0.2) is 42.5 Å². The fourth-order valence-electron chi connectivity index (χ4n) is 2.90. The summed E-state index contributed by atoms with van der Waals surface area (Å²) in [4.78, 5) is 25.5. The van der Waals surface area contributed by atoms with E-state index in [1.54, 1.807) is 0 Å². The van der Waals surface area contributed by atoms with Crippen molar-refractivity contribution in [3.05, 3.63) is 53.6 Å². The Hall–Kier alpha value is -3.16. The van der Waals surface area contributed by atoms with Gasteiger partial charge < -0.3 is 27.5 Å².